The monoisotopic (exact) mass is 337 g/mol. The molecule has 2 rings (SSSR count). The van der Waals surface area contributed by atoms with Crippen LogP contribution in [-0.2, 0) is 0 Å². The number of hydrogen-bond donors (Lipinski definition) is 2. The van der Waals surface area contributed by atoms with E-state index in [1.165, 1.54) is 18.2 Å². The second-order valence-electron chi connectivity index (χ2n) is 4.31. The van der Waals surface area contributed by atoms with E-state index in [4.69, 9.17) is 15.9 Å². The van der Waals surface area contributed by atoms with E-state index < -0.39 is 0 Å². The largest absolute Gasteiger partial charge is 0.456 e. The Morgan fingerprint density at radius 2 is 2.05 bits per heavy atom. The molecule has 0 atom stereocenters. The van der Waals surface area contributed by atoms with Gasteiger partial charge >= 0.3 is 0 Å². The van der Waals surface area contributed by atoms with Crippen molar-refractivity contribution >= 4 is 21.8 Å². The highest BCUT2D eigenvalue weighted by Gasteiger charge is 2.14. The fourth-order valence-electron chi connectivity index (χ4n) is 1.87. The van der Waals surface area contributed by atoms with Gasteiger partial charge in [0.25, 0.3) is 0 Å². The van der Waals surface area contributed by atoms with Crippen molar-refractivity contribution in [2.75, 3.05) is 0 Å². The molecule has 0 aliphatic rings. The van der Waals surface area contributed by atoms with Gasteiger partial charge in [-0.15, -0.1) is 0 Å². The molecule has 0 unspecified atom stereocenters. The summed E-state index contributed by atoms with van der Waals surface area (Å²) < 4.78 is 19.2. The summed E-state index contributed by atoms with van der Waals surface area (Å²) in [6.07, 6.45) is 0. The Bertz CT molecular complexity index is 688. The second kappa shape index (κ2) is 5.58. The molecule has 0 saturated heterocycles. The fraction of sp³-hybridized carbons (Fsp3) is 0.143. The zero-order chi connectivity index (χ0) is 14.9. The molecule has 0 saturated carbocycles. The highest BCUT2D eigenvalue weighted by Crippen LogP contribution is 2.30. The number of rotatable bonds is 3. The average molecular weight is 338 g/mol. The van der Waals surface area contributed by atoms with Crippen molar-refractivity contribution in [1.82, 2.24) is 4.98 Å². The van der Waals surface area contributed by atoms with E-state index in [1.807, 2.05) is 6.92 Å². The van der Waals surface area contributed by atoms with Gasteiger partial charge in [0, 0.05) is 11.8 Å². The maximum absolute atomic E-state index is 13.2. The van der Waals surface area contributed by atoms with Crippen LogP contribution in [0.25, 0.3) is 0 Å². The topological polar surface area (TPSA) is 72.0 Å². The molecule has 3 N–H and O–H groups in total. The first-order chi connectivity index (χ1) is 9.38. The Balaban J connectivity index is 2.47. The SMILES string of the molecule is Cc1cc(Oc2ccc(F)c(Br)c2)c(C(=N)N)c(C)n1. The molecule has 0 aliphatic carbocycles. The van der Waals surface area contributed by atoms with Crippen LogP contribution in [0.4, 0.5) is 4.39 Å². The number of nitrogens with two attached hydrogens (primary N) is 1. The molecule has 0 amide bonds. The number of aromatic nitrogens is 1. The maximum Gasteiger partial charge on any atom is 0.141 e. The molecule has 0 bridgehead atoms. The number of halogens is 2. The van der Waals surface area contributed by atoms with Crippen LogP contribution in [-0.4, -0.2) is 10.8 Å². The normalized spacial score (nSPS) is 10.4. The summed E-state index contributed by atoms with van der Waals surface area (Å²) in [6, 6.07) is 6.02. The summed E-state index contributed by atoms with van der Waals surface area (Å²) in [5, 5.41) is 7.62. The van der Waals surface area contributed by atoms with Crippen molar-refractivity contribution in [2.24, 2.45) is 5.73 Å². The van der Waals surface area contributed by atoms with Crippen molar-refractivity contribution < 1.29 is 9.13 Å². The number of nitrogen functional groups attached to an aromatic ring is 1. The predicted molar refractivity (Wildman–Crippen MR) is 78.9 cm³/mol. The van der Waals surface area contributed by atoms with E-state index in [9.17, 15) is 4.39 Å². The average Bonchev–Trinajstić information content (AvgIpc) is 2.32. The predicted octanol–water partition coefficient (Wildman–Crippen LogP) is 3.68. The Morgan fingerprint density at radius 3 is 2.65 bits per heavy atom. The van der Waals surface area contributed by atoms with E-state index in [0.717, 1.165) is 5.69 Å². The molecular formula is C14H13BrFN3O. The van der Waals surface area contributed by atoms with Gasteiger partial charge in [-0.2, -0.15) is 0 Å². The molecule has 0 aliphatic heterocycles. The van der Waals surface area contributed by atoms with Gasteiger partial charge in [0.1, 0.15) is 23.2 Å². The van der Waals surface area contributed by atoms with Gasteiger partial charge in [-0.05, 0) is 48.0 Å². The van der Waals surface area contributed by atoms with E-state index in [1.54, 1.807) is 13.0 Å². The maximum atomic E-state index is 13.2. The summed E-state index contributed by atoms with van der Waals surface area (Å²) in [6.45, 7) is 3.58. The minimum atomic E-state index is -0.369. The first-order valence-electron chi connectivity index (χ1n) is 5.84. The van der Waals surface area contributed by atoms with Crippen LogP contribution in [0.5, 0.6) is 11.5 Å². The number of benzene rings is 1. The number of amidine groups is 1. The third kappa shape index (κ3) is 2.96. The van der Waals surface area contributed by atoms with Crippen LogP contribution in [0.1, 0.15) is 17.0 Å². The highest BCUT2D eigenvalue weighted by atomic mass is 79.9. The van der Waals surface area contributed by atoms with Crippen LogP contribution in [0, 0.1) is 25.1 Å². The molecule has 0 fully saturated rings. The Hall–Kier alpha value is -1.95. The molecule has 1 heterocycles. The van der Waals surface area contributed by atoms with Crippen molar-refractivity contribution in [3.05, 3.63) is 51.5 Å². The lowest BCUT2D eigenvalue weighted by Gasteiger charge is -2.13. The van der Waals surface area contributed by atoms with Crippen LogP contribution in [0.15, 0.2) is 28.7 Å². The van der Waals surface area contributed by atoms with Crippen LogP contribution in [0.2, 0.25) is 0 Å². The zero-order valence-electron chi connectivity index (χ0n) is 11.0. The molecule has 6 heteroatoms. The van der Waals surface area contributed by atoms with Gasteiger partial charge in [0.15, 0.2) is 0 Å². The lowest BCUT2D eigenvalue weighted by molar-refractivity contribution is 0.476. The lowest BCUT2D eigenvalue weighted by atomic mass is 10.1. The van der Waals surface area contributed by atoms with E-state index in [2.05, 4.69) is 20.9 Å². The Kier molecular flexibility index (Phi) is 4.04. The van der Waals surface area contributed by atoms with Crippen molar-refractivity contribution in [3.63, 3.8) is 0 Å². The molecule has 0 radical (unpaired) electrons. The quantitative estimate of drug-likeness (QED) is 0.662. The third-order valence-corrected chi connectivity index (χ3v) is 3.29. The van der Waals surface area contributed by atoms with Crippen LogP contribution >= 0.6 is 15.9 Å². The minimum Gasteiger partial charge on any atom is -0.456 e. The van der Waals surface area contributed by atoms with Crippen molar-refractivity contribution in [2.45, 2.75) is 13.8 Å². The molecule has 2 aromatic rings. The van der Waals surface area contributed by atoms with Crippen LogP contribution in [0.3, 0.4) is 0 Å². The molecule has 104 valence electrons. The Morgan fingerprint density at radius 1 is 1.35 bits per heavy atom. The van der Waals surface area contributed by atoms with E-state index in [-0.39, 0.29) is 11.7 Å². The molecule has 1 aromatic carbocycles. The molecule has 0 spiro atoms. The number of aryl methyl sites for hydroxylation is 2. The summed E-state index contributed by atoms with van der Waals surface area (Å²) in [5.41, 5.74) is 7.38. The van der Waals surface area contributed by atoms with Gasteiger partial charge in [0.05, 0.1) is 15.7 Å². The zero-order valence-corrected chi connectivity index (χ0v) is 12.6. The second-order valence-corrected chi connectivity index (χ2v) is 5.17. The minimum absolute atomic E-state index is 0.119. The summed E-state index contributed by atoms with van der Waals surface area (Å²) in [4.78, 5) is 4.26. The number of pyridine rings is 1. The van der Waals surface area contributed by atoms with Crippen molar-refractivity contribution in [1.29, 1.82) is 5.41 Å². The lowest BCUT2D eigenvalue weighted by Crippen LogP contribution is -2.15. The van der Waals surface area contributed by atoms with Gasteiger partial charge in [0.2, 0.25) is 0 Å². The molecular weight excluding hydrogens is 325 g/mol. The Labute approximate surface area is 124 Å². The smallest absolute Gasteiger partial charge is 0.141 e. The first kappa shape index (κ1) is 14.5. The fourth-order valence-corrected chi connectivity index (χ4v) is 2.23. The highest BCUT2D eigenvalue weighted by molar-refractivity contribution is 9.10. The van der Waals surface area contributed by atoms with Crippen molar-refractivity contribution in [3.8, 4) is 11.5 Å². The first-order valence-corrected chi connectivity index (χ1v) is 6.63. The standard InChI is InChI=1S/C14H13BrFN3O/c1-7-5-12(13(14(17)18)8(2)19-7)20-9-3-4-11(16)10(15)6-9/h3-6H,1-2H3,(H3,17,18). The molecule has 20 heavy (non-hydrogen) atoms. The van der Waals surface area contributed by atoms with Gasteiger partial charge < -0.3 is 10.5 Å². The van der Waals surface area contributed by atoms with Gasteiger partial charge in [-0.3, -0.25) is 10.4 Å². The summed E-state index contributed by atoms with van der Waals surface area (Å²) >= 11 is 3.10. The number of nitrogens with one attached hydrogen (secondary N) is 1. The number of ether oxygens (including phenoxy) is 1. The summed E-state index contributed by atoms with van der Waals surface area (Å²) in [7, 11) is 0. The third-order valence-electron chi connectivity index (χ3n) is 2.68. The molecule has 1 aromatic heterocycles. The molecule has 4 nitrogen and oxygen atoms in total. The van der Waals surface area contributed by atoms with Gasteiger partial charge in [-0.1, -0.05) is 0 Å². The van der Waals surface area contributed by atoms with Crippen LogP contribution < -0.4 is 10.5 Å². The number of nitrogens with zero attached hydrogens (tertiary/aromatic N) is 1. The summed E-state index contributed by atoms with van der Waals surface area (Å²) in [5.74, 6) is 0.393. The van der Waals surface area contributed by atoms with Gasteiger partial charge in [-0.25, -0.2) is 4.39 Å². The van der Waals surface area contributed by atoms with E-state index >= 15 is 0 Å². The van der Waals surface area contributed by atoms with E-state index in [0.29, 0.717) is 27.2 Å². The number of hydrogen-bond acceptors (Lipinski definition) is 3.